The van der Waals surface area contributed by atoms with Crippen molar-refractivity contribution in [1.82, 2.24) is 8.87 Å². The van der Waals surface area contributed by atoms with Crippen LogP contribution in [-0.2, 0) is 10.0 Å². The Morgan fingerprint density at radius 2 is 1.79 bits per heavy atom. The van der Waals surface area contributed by atoms with E-state index in [1.54, 1.807) is 61.7 Å². The lowest BCUT2D eigenvalue weighted by Crippen LogP contribution is -2.28. The highest BCUT2D eigenvalue weighted by atomic mass is 32.2. The molecule has 0 aliphatic carbocycles. The maximum Gasteiger partial charge on any atom is 0.257 e. The minimum atomic E-state index is -3.75. The van der Waals surface area contributed by atoms with Gasteiger partial charge in [-0.1, -0.05) is 12.1 Å². The second-order valence-corrected chi connectivity index (χ2v) is 10.1. The molecule has 1 N–H and O–H groups in total. The molecule has 1 saturated heterocycles. The fourth-order valence-electron chi connectivity index (χ4n) is 4.32. The molecule has 180 valence electrons. The maximum atomic E-state index is 14.4. The molecule has 0 radical (unpaired) electrons. The first-order valence-electron chi connectivity index (χ1n) is 11.3. The van der Waals surface area contributed by atoms with Gasteiger partial charge in [-0.3, -0.25) is 4.79 Å². The average molecular weight is 486 g/mol. The van der Waals surface area contributed by atoms with Gasteiger partial charge in [0.1, 0.15) is 16.5 Å². The molecule has 0 atom stereocenters. The molecule has 0 saturated carbocycles. The van der Waals surface area contributed by atoms with Gasteiger partial charge in [-0.2, -0.15) is 4.31 Å². The van der Waals surface area contributed by atoms with Crippen molar-refractivity contribution in [3.8, 4) is 11.4 Å². The Morgan fingerprint density at radius 3 is 2.47 bits per heavy atom. The van der Waals surface area contributed by atoms with Gasteiger partial charge < -0.3 is 14.6 Å². The molecule has 1 aliphatic heterocycles. The number of aryl methyl sites for hydroxylation is 1. The number of hydrogen-bond acceptors (Lipinski definition) is 4. The Kier molecular flexibility index (Phi) is 6.77. The fraction of sp³-hybridized carbons (Fsp3) is 0.320. The van der Waals surface area contributed by atoms with Crippen LogP contribution in [0.5, 0.6) is 5.75 Å². The number of amides is 1. The molecule has 1 aliphatic rings. The van der Waals surface area contributed by atoms with Crippen molar-refractivity contribution in [1.29, 1.82) is 0 Å². The molecule has 1 amide bonds. The first-order valence-corrected chi connectivity index (χ1v) is 12.7. The fourth-order valence-corrected chi connectivity index (χ4v) is 6.00. The average Bonchev–Trinajstić information content (AvgIpc) is 3.44. The molecule has 34 heavy (non-hydrogen) atoms. The third-order valence-electron chi connectivity index (χ3n) is 5.95. The second kappa shape index (κ2) is 9.60. The number of ether oxygens (including phenoxy) is 1. The van der Waals surface area contributed by atoms with E-state index in [2.05, 4.69) is 5.32 Å². The van der Waals surface area contributed by atoms with Crippen LogP contribution in [0.15, 0.2) is 53.4 Å². The van der Waals surface area contributed by atoms with Gasteiger partial charge >= 0.3 is 0 Å². The van der Waals surface area contributed by atoms with E-state index < -0.39 is 15.9 Å². The van der Waals surface area contributed by atoms with Crippen molar-refractivity contribution in [3.63, 3.8) is 0 Å². The zero-order valence-corrected chi connectivity index (χ0v) is 20.3. The van der Waals surface area contributed by atoms with Crippen LogP contribution in [-0.4, -0.2) is 42.9 Å². The van der Waals surface area contributed by atoms with Gasteiger partial charge in [-0.25, -0.2) is 12.8 Å². The minimum absolute atomic E-state index is 0.0332. The summed E-state index contributed by atoms with van der Waals surface area (Å²) in [4.78, 5) is 13.2. The number of sulfonamides is 1. The van der Waals surface area contributed by atoms with Crippen molar-refractivity contribution in [3.05, 3.63) is 71.3 Å². The Balaban J connectivity index is 1.67. The van der Waals surface area contributed by atoms with Crippen LogP contribution in [0.25, 0.3) is 5.69 Å². The summed E-state index contributed by atoms with van der Waals surface area (Å²) >= 11 is 0. The molecule has 1 aromatic heterocycles. The molecule has 9 heteroatoms. The predicted molar refractivity (Wildman–Crippen MR) is 129 cm³/mol. The maximum absolute atomic E-state index is 14.4. The van der Waals surface area contributed by atoms with E-state index in [1.165, 1.54) is 16.4 Å². The molecular weight excluding hydrogens is 457 g/mol. The Morgan fingerprint density at radius 1 is 1.09 bits per heavy atom. The smallest absolute Gasteiger partial charge is 0.257 e. The molecule has 0 bridgehead atoms. The summed E-state index contributed by atoms with van der Waals surface area (Å²) in [5.41, 5.74) is 2.35. The quantitative estimate of drug-likeness (QED) is 0.528. The van der Waals surface area contributed by atoms with Crippen LogP contribution in [0.3, 0.4) is 0 Å². The number of anilines is 1. The third-order valence-corrected chi connectivity index (χ3v) is 7.87. The summed E-state index contributed by atoms with van der Waals surface area (Å²) < 4.78 is 49.5. The van der Waals surface area contributed by atoms with E-state index in [4.69, 9.17) is 4.74 Å². The highest BCUT2D eigenvalue weighted by Crippen LogP contribution is 2.32. The van der Waals surface area contributed by atoms with Crippen molar-refractivity contribution >= 4 is 21.6 Å². The molecule has 3 aromatic rings. The Hall–Kier alpha value is -3.17. The predicted octanol–water partition coefficient (Wildman–Crippen LogP) is 4.67. The van der Waals surface area contributed by atoms with E-state index in [1.807, 2.05) is 0 Å². The molecular formula is C25H28FN3O4S. The van der Waals surface area contributed by atoms with Crippen molar-refractivity contribution < 1.29 is 22.3 Å². The second-order valence-electron chi connectivity index (χ2n) is 8.23. The standard InChI is InChI=1S/C25H28FN3O4S/c1-4-33-23-12-11-19(16-24(23)34(31,32)28-13-7-8-14-28)27-25(30)20-15-17(2)29(18(20)3)22-10-6-5-9-21(22)26/h5-6,9-12,15-16H,4,7-8,13-14H2,1-3H3,(H,27,30). The van der Waals surface area contributed by atoms with Crippen molar-refractivity contribution in [2.45, 2.75) is 38.5 Å². The molecule has 0 unspecified atom stereocenters. The molecule has 4 rings (SSSR count). The van der Waals surface area contributed by atoms with E-state index in [-0.39, 0.29) is 16.5 Å². The number of carbonyl (C=O) groups is 1. The monoisotopic (exact) mass is 485 g/mol. The van der Waals surface area contributed by atoms with Gasteiger partial charge in [0.15, 0.2) is 0 Å². The van der Waals surface area contributed by atoms with Crippen LogP contribution >= 0.6 is 0 Å². The lowest BCUT2D eigenvalue weighted by Gasteiger charge is -2.19. The summed E-state index contributed by atoms with van der Waals surface area (Å²) in [6.45, 7) is 6.58. The highest BCUT2D eigenvalue weighted by Gasteiger charge is 2.30. The molecule has 7 nitrogen and oxygen atoms in total. The van der Waals surface area contributed by atoms with Crippen LogP contribution < -0.4 is 10.1 Å². The van der Waals surface area contributed by atoms with E-state index in [0.29, 0.717) is 48.0 Å². The van der Waals surface area contributed by atoms with Crippen LogP contribution in [0.2, 0.25) is 0 Å². The largest absolute Gasteiger partial charge is 0.492 e. The summed E-state index contributed by atoms with van der Waals surface area (Å²) in [7, 11) is -3.75. The number of aromatic nitrogens is 1. The summed E-state index contributed by atoms with van der Waals surface area (Å²) in [5, 5.41) is 2.79. The Bertz CT molecular complexity index is 1330. The first-order chi connectivity index (χ1) is 16.2. The number of carbonyl (C=O) groups excluding carboxylic acids is 1. The van der Waals surface area contributed by atoms with Gasteiger partial charge in [-0.05, 0) is 70.0 Å². The SMILES string of the molecule is CCOc1ccc(NC(=O)c2cc(C)n(-c3ccccc3F)c2C)cc1S(=O)(=O)N1CCCC1. The van der Waals surface area contributed by atoms with Gasteiger partial charge in [-0.15, -0.1) is 0 Å². The van der Waals surface area contributed by atoms with Crippen molar-refractivity contribution in [2.75, 3.05) is 25.0 Å². The minimum Gasteiger partial charge on any atom is -0.492 e. The molecule has 2 heterocycles. The lowest BCUT2D eigenvalue weighted by atomic mass is 10.2. The summed E-state index contributed by atoms with van der Waals surface area (Å²) in [6.07, 6.45) is 1.63. The van der Waals surface area contributed by atoms with Crippen molar-refractivity contribution in [2.24, 2.45) is 0 Å². The number of benzene rings is 2. The number of nitrogens with zero attached hydrogens (tertiary/aromatic N) is 2. The van der Waals surface area contributed by atoms with E-state index >= 15 is 0 Å². The number of para-hydroxylation sites is 1. The zero-order chi connectivity index (χ0) is 24.5. The van der Waals surface area contributed by atoms with Crippen LogP contribution in [0.4, 0.5) is 10.1 Å². The van der Waals surface area contributed by atoms with Gasteiger partial charge in [0.2, 0.25) is 10.0 Å². The Labute approximate surface area is 199 Å². The van der Waals surface area contributed by atoms with Gasteiger partial charge in [0.25, 0.3) is 5.91 Å². The summed E-state index contributed by atoms with van der Waals surface area (Å²) in [5.74, 6) is -0.547. The molecule has 1 fully saturated rings. The third kappa shape index (κ3) is 4.45. The zero-order valence-electron chi connectivity index (χ0n) is 19.5. The van der Waals surface area contributed by atoms with Gasteiger partial charge in [0, 0.05) is 30.2 Å². The van der Waals surface area contributed by atoms with Gasteiger partial charge in [0.05, 0.1) is 17.9 Å². The highest BCUT2D eigenvalue weighted by molar-refractivity contribution is 7.89. The number of nitrogens with one attached hydrogen (secondary N) is 1. The van der Waals surface area contributed by atoms with E-state index in [0.717, 1.165) is 12.8 Å². The number of halogens is 1. The van der Waals surface area contributed by atoms with Crippen LogP contribution in [0.1, 0.15) is 41.5 Å². The van der Waals surface area contributed by atoms with Crippen LogP contribution in [0, 0.1) is 19.7 Å². The lowest BCUT2D eigenvalue weighted by molar-refractivity contribution is 0.102. The first kappa shape index (κ1) is 24.0. The van der Waals surface area contributed by atoms with E-state index in [9.17, 15) is 17.6 Å². The topological polar surface area (TPSA) is 80.6 Å². The molecule has 0 spiro atoms. The molecule has 2 aromatic carbocycles. The summed E-state index contributed by atoms with van der Waals surface area (Å²) in [6, 6.07) is 12.7. The number of rotatable bonds is 7. The normalized spacial score (nSPS) is 14.4. The number of hydrogen-bond donors (Lipinski definition) is 1.